The molecular weight excluding hydrogens is 402 g/mol. The van der Waals surface area contributed by atoms with Gasteiger partial charge in [0.25, 0.3) is 5.79 Å². The Morgan fingerprint density at radius 3 is 2.40 bits per heavy atom. The van der Waals surface area contributed by atoms with Gasteiger partial charge in [0, 0.05) is 35.0 Å². The van der Waals surface area contributed by atoms with E-state index in [1.165, 1.54) is 10.9 Å². The second kappa shape index (κ2) is 7.42. The second-order valence-corrected chi connectivity index (χ2v) is 6.52. The fourth-order valence-corrected chi connectivity index (χ4v) is 3.56. The smallest absolute Gasteiger partial charge is 0.253 e. The van der Waals surface area contributed by atoms with E-state index in [1.807, 2.05) is 37.3 Å². The molecule has 0 bridgehead atoms. The lowest BCUT2D eigenvalue weighted by atomic mass is 10.0. The predicted octanol–water partition coefficient (Wildman–Crippen LogP) is 1.05. The quantitative estimate of drug-likeness (QED) is 0.591. The van der Waals surface area contributed by atoms with Crippen LogP contribution in [0.15, 0.2) is 60.8 Å². The van der Waals surface area contributed by atoms with E-state index in [4.69, 9.17) is 21.1 Å². The summed E-state index contributed by atoms with van der Waals surface area (Å²) in [5.74, 6) is -0.691. The largest absolute Gasteiger partial charge is 1.00 e. The average Bonchev–Trinajstić information content (AvgIpc) is 3.06. The van der Waals surface area contributed by atoms with Crippen LogP contribution in [0.2, 0.25) is 5.02 Å². The molecular formula is C20H19BrClNO2. The van der Waals surface area contributed by atoms with Crippen LogP contribution in [0.1, 0.15) is 18.2 Å². The molecule has 2 heterocycles. The molecule has 1 aliphatic rings. The van der Waals surface area contributed by atoms with Crippen molar-refractivity contribution in [3.63, 3.8) is 0 Å². The van der Waals surface area contributed by atoms with Crippen LogP contribution in [0.5, 0.6) is 0 Å². The summed E-state index contributed by atoms with van der Waals surface area (Å²) >= 11 is 6.34. The van der Waals surface area contributed by atoms with E-state index < -0.39 is 5.79 Å². The number of fused-ring (bicyclic) bond motifs is 1. The van der Waals surface area contributed by atoms with Gasteiger partial charge in [0.05, 0.1) is 13.2 Å². The minimum Gasteiger partial charge on any atom is -1.00 e. The van der Waals surface area contributed by atoms with Crippen molar-refractivity contribution in [2.24, 2.45) is 0 Å². The highest BCUT2D eigenvalue weighted by molar-refractivity contribution is 6.35. The van der Waals surface area contributed by atoms with Crippen LogP contribution in [-0.4, -0.2) is 13.2 Å². The molecule has 4 rings (SSSR count). The Kier molecular flexibility index (Phi) is 5.44. The first-order valence-corrected chi connectivity index (χ1v) is 8.48. The van der Waals surface area contributed by atoms with Gasteiger partial charge in [-0.3, -0.25) is 0 Å². The topological polar surface area (TPSA) is 22.3 Å². The fourth-order valence-electron chi connectivity index (χ4n) is 3.33. The van der Waals surface area contributed by atoms with Crippen LogP contribution in [0, 0.1) is 0 Å². The van der Waals surface area contributed by atoms with Gasteiger partial charge in [-0.25, -0.2) is 0 Å². The highest BCUT2D eigenvalue weighted by atomic mass is 79.9. The number of benzene rings is 2. The van der Waals surface area contributed by atoms with E-state index in [1.54, 1.807) is 0 Å². The van der Waals surface area contributed by atoms with Crippen LogP contribution in [0.4, 0.5) is 0 Å². The Hall–Kier alpha value is -1.46. The van der Waals surface area contributed by atoms with Gasteiger partial charge in [-0.1, -0.05) is 41.9 Å². The number of rotatable bonds is 3. The standard InChI is InChI=1S/C20H19ClNO2.BrH/c1-20(23-12-13-24-20)19-8-4-5-11-22(19)14-15-9-10-18(21)17-7-3-2-6-16(15)17;/h2-11H,12-14H2,1H3;1H/q+1;/p-1. The molecule has 3 aromatic rings. The minimum atomic E-state index is -0.691. The molecule has 130 valence electrons. The summed E-state index contributed by atoms with van der Waals surface area (Å²) in [4.78, 5) is 0. The van der Waals surface area contributed by atoms with Crippen molar-refractivity contribution in [1.29, 1.82) is 0 Å². The molecule has 0 saturated carbocycles. The normalized spacial score (nSPS) is 15.9. The molecule has 2 aromatic carbocycles. The van der Waals surface area contributed by atoms with Gasteiger partial charge in [0.15, 0.2) is 12.7 Å². The summed E-state index contributed by atoms with van der Waals surface area (Å²) in [6, 6.07) is 18.4. The van der Waals surface area contributed by atoms with Crippen molar-refractivity contribution in [3.8, 4) is 0 Å². The van der Waals surface area contributed by atoms with Crippen LogP contribution < -0.4 is 21.5 Å². The van der Waals surface area contributed by atoms with E-state index in [0.717, 1.165) is 22.6 Å². The SMILES string of the molecule is CC1(c2cccc[n+]2Cc2ccc(Cl)c3ccccc23)OCCO1.[Br-]. The molecule has 25 heavy (non-hydrogen) atoms. The van der Waals surface area contributed by atoms with Crippen LogP contribution in [0.25, 0.3) is 10.8 Å². The van der Waals surface area contributed by atoms with E-state index in [9.17, 15) is 0 Å². The van der Waals surface area contributed by atoms with Crippen molar-refractivity contribution in [2.75, 3.05) is 13.2 Å². The summed E-state index contributed by atoms with van der Waals surface area (Å²) in [5, 5.41) is 3.03. The predicted molar refractivity (Wildman–Crippen MR) is 94.0 cm³/mol. The summed E-state index contributed by atoms with van der Waals surface area (Å²) in [6.45, 7) is 3.95. The molecule has 0 N–H and O–H groups in total. The Morgan fingerprint density at radius 2 is 1.64 bits per heavy atom. The van der Waals surface area contributed by atoms with Gasteiger partial charge in [-0.15, -0.1) is 0 Å². The number of halogens is 2. The van der Waals surface area contributed by atoms with E-state index in [-0.39, 0.29) is 17.0 Å². The molecule has 1 saturated heterocycles. The first-order valence-electron chi connectivity index (χ1n) is 8.10. The zero-order chi connectivity index (χ0) is 16.6. The van der Waals surface area contributed by atoms with Gasteiger partial charge < -0.3 is 26.5 Å². The van der Waals surface area contributed by atoms with Gasteiger partial charge >= 0.3 is 0 Å². The zero-order valence-corrected chi connectivity index (χ0v) is 16.3. The molecule has 3 nitrogen and oxygen atoms in total. The first kappa shape index (κ1) is 18.3. The second-order valence-electron chi connectivity index (χ2n) is 6.11. The van der Waals surface area contributed by atoms with Crippen molar-refractivity contribution >= 4 is 22.4 Å². The molecule has 0 unspecified atom stereocenters. The molecule has 0 atom stereocenters. The third-order valence-corrected chi connectivity index (χ3v) is 4.88. The minimum absolute atomic E-state index is 0. The molecule has 0 radical (unpaired) electrons. The van der Waals surface area contributed by atoms with E-state index in [2.05, 4.69) is 35.0 Å². The van der Waals surface area contributed by atoms with Crippen LogP contribution in [-0.2, 0) is 21.8 Å². The van der Waals surface area contributed by atoms with Gasteiger partial charge in [-0.2, -0.15) is 4.57 Å². The molecule has 1 aromatic heterocycles. The Morgan fingerprint density at radius 1 is 0.960 bits per heavy atom. The highest BCUT2D eigenvalue weighted by Gasteiger charge is 2.40. The number of aromatic nitrogens is 1. The molecule has 0 aliphatic carbocycles. The number of pyridine rings is 1. The lowest BCUT2D eigenvalue weighted by molar-refractivity contribution is -0.705. The maximum absolute atomic E-state index is 6.34. The molecule has 1 aliphatic heterocycles. The lowest BCUT2D eigenvalue weighted by Gasteiger charge is -2.20. The van der Waals surface area contributed by atoms with Gasteiger partial charge in [0.2, 0.25) is 5.69 Å². The highest BCUT2D eigenvalue weighted by Crippen LogP contribution is 2.29. The van der Waals surface area contributed by atoms with Crippen LogP contribution >= 0.6 is 11.6 Å². The van der Waals surface area contributed by atoms with Crippen LogP contribution in [0.3, 0.4) is 0 Å². The average molecular weight is 421 g/mol. The van der Waals surface area contributed by atoms with Crippen molar-refractivity contribution in [3.05, 3.63) is 77.1 Å². The number of nitrogens with zero attached hydrogens (tertiary/aromatic N) is 1. The van der Waals surface area contributed by atoms with Gasteiger partial charge in [-0.05, 0) is 17.5 Å². The molecule has 5 heteroatoms. The number of ether oxygens (including phenoxy) is 2. The van der Waals surface area contributed by atoms with Gasteiger partial charge in [0.1, 0.15) is 0 Å². The molecule has 1 fully saturated rings. The first-order chi connectivity index (χ1) is 11.7. The number of hydrogen-bond acceptors (Lipinski definition) is 2. The fraction of sp³-hybridized carbons (Fsp3) is 0.250. The Labute approximate surface area is 162 Å². The monoisotopic (exact) mass is 419 g/mol. The van der Waals surface area contributed by atoms with E-state index in [0.29, 0.717) is 13.2 Å². The van der Waals surface area contributed by atoms with E-state index >= 15 is 0 Å². The maximum Gasteiger partial charge on any atom is 0.253 e. The zero-order valence-electron chi connectivity index (χ0n) is 13.9. The third kappa shape index (κ3) is 3.44. The number of hydrogen-bond donors (Lipinski definition) is 0. The summed E-state index contributed by atoms with van der Waals surface area (Å²) in [5.41, 5.74) is 2.23. The summed E-state index contributed by atoms with van der Waals surface area (Å²) in [6.07, 6.45) is 2.06. The molecule has 0 amide bonds. The maximum atomic E-state index is 6.34. The summed E-state index contributed by atoms with van der Waals surface area (Å²) in [7, 11) is 0. The van der Waals surface area contributed by atoms with Crippen molar-refractivity contribution in [2.45, 2.75) is 19.3 Å². The van der Waals surface area contributed by atoms with Crippen molar-refractivity contribution in [1.82, 2.24) is 0 Å². The third-order valence-electron chi connectivity index (χ3n) is 4.55. The molecule has 0 spiro atoms. The Balaban J connectivity index is 0.00000182. The summed E-state index contributed by atoms with van der Waals surface area (Å²) < 4.78 is 13.9. The lowest BCUT2D eigenvalue weighted by Crippen LogP contribution is -3.00. The van der Waals surface area contributed by atoms with Crippen molar-refractivity contribution < 1.29 is 31.0 Å². The Bertz CT molecular complexity index is 894.